The second-order valence-corrected chi connectivity index (χ2v) is 8.13. The van der Waals surface area contributed by atoms with Gasteiger partial charge in [0.15, 0.2) is 5.78 Å². The third kappa shape index (κ3) is 3.84. The summed E-state index contributed by atoms with van der Waals surface area (Å²) < 4.78 is 0. The van der Waals surface area contributed by atoms with Gasteiger partial charge in [0.2, 0.25) is 0 Å². The molecule has 0 radical (unpaired) electrons. The summed E-state index contributed by atoms with van der Waals surface area (Å²) in [4.78, 5) is 24.6. The van der Waals surface area contributed by atoms with E-state index in [1.165, 1.54) is 23.6 Å². The van der Waals surface area contributed by atoms with Crippen molar-refractivity contribution >= 4 is 12.1 Å². The van der Waals surface area contributed by atoms with Crippen molar-refractivity contribution in [1.82, 2.24) is 0 Å². The standard InChI is InChI=1S/C23H30O2/c1-6-21(25)23(5,16-24)20(18-12-8-7-9-13-18)15-19-17(2)11-10-14-22(19,3)4/h6-9,12-13,16,20H,1,10-11,14-15H2,2-5H3. The van der Waals surface area contributed by atoms with E-state index in [4.69, 9.17) is 0 Å². The minimum absolute atomic E-state index is 0.108. The number of aldehydes is 1. The molecule has 2 rings (SSSR count). The van der Waals surface area contributed by atoms with Gasteiger partial charge in [-0.05, 0) is 56.6 Å². The average molecular weight is 338 g/mol. The maximum Gasteiger partial charge on any atom is 0.168 e. The van der Waals surface area contributed by atoms with Crippen LogP contribution in [0.5, 0.6) is 0 Å². The van der Waals surface area contributed by atoms with Gasteiger partial charge in [0.05, 0.1) is 5.41 Å². The Balaban J connectivity index is 2.55. The predicted molar refractivity (Wildman–Crippen MR) is 104 cm³/mol. The molecule has 1 aromatic carbocycles. The number of ketones is 1. The summed E-state index contributed by atoms with van der Waals surface area (Å²) in [5, 5.41) is 0. The summed E-state index contributed by atoms with van der Waals surface area (Å²) in [5.74, 6) is -0.387. The van der Waals surface area contributed by atoms with Gasteiger partial charge in [0.1, 0.15) is 6.29 Å². The van der Waals surface area contributed by atoms with Gasteiger partial charge in [-0.2, -0.15) is 0 Å². The molecule has 0 saturated carbocycles. The van der Waals surface area contributed by atoms with Crippen LogP contribution in [0.1, 0.15) is 64.9 Å². The van der Waals surface area contributed by atoms with E-state index in [9.17, 15) is 9.59 Å². The second kappa shape index (κ2) is 7.51. The highest BCUT2D eigenvalue weighted by atomic mass is 16.1. The van der Waals surface area contributed by atoms with E-state index in [0.29, 0.717) is 0 Å². The van der Waals surface area contributed by atoms with E-state index in [2.05, 4.69) is 27.4 Å². The molecule has 0 heterocycles. The van der Waals surface area contributed by atoms with E-state index in [0.717, 1.165) is 31.1 Å². The fourth-order valence-corrected chi connectivity index (χ4v) is 4.22. The topological polar surface area (TPSA) is 34.1 Å². The van der Waals surface area contributed by atoms with Crippen molar-refractivity contribution in [2.45, 2.75) is 59.3 Å². The zero-order valence-corrected chi connectivity index (χ0v) is 16.0. The van der Waals surface area contributed by atoms with Crippen molar-refractivity contribution in [3.05, 3.63) is 59.7 Å². The molecule has 0 bridgehead atoms. The first-order valence-corrected chi connectivity index (χ1v) is 9.13. The third-order valence-corrected chi connectivity index (χ3v) is 5.98. The number of hydrogen-bond donors (Lipinski definition) is 0. The Bertz CT molecular complexity index is 681. The van der Waals surface area contributed by atoms with Crippen LogP contribution in [0.2, 0.25) is 0 Å². The van der Waals surface area contributed by atoms with Crippen LogP contribution in [0.4, 0.5) is 0 Å². The van der Waals surface area contributed by atoms with E-state index < -0.39 is 5.41 Å². The third-order valence-electron chi connectivity index (χ3n) is 5.98. The highest BCUT2D eigenvalue weighted by Gasteiger charge is 2.42. The number of carbonyl (C=O) groups is 2. The van der Waals surface area contributed by atoms with Crippen LogP contribution in [0.3, 0.4) is 0 Å². The molecule has 0 aromatic heterocycles. The summed E-state index contributed by atoms with van der Waals surface area (Å²) in [7, 11) is 0. The fourth-order valence-electron chi connectivity index (χ4n) is 4.22. The van der Waals surface area contributed by atoms with Crippen molar-refractivity contribution in [1.29, 1.82) is 0 Å². The van der Waals surface area contributed by atoms with Gasteiger partial charge in [0, 0.05) is 5.92 Å². The van der Waals surface area contributed by atoms with Crippen molar-refractivity contribution in [2.75, 3.05) is 0 Å². The quantitative estimate of drug-likeness (QED) is 0.279. The summed E-state index contributed by atoms with van der Waals surface area (Å²) in [5.41, 5.74) is 2.86. The van der Waals surface area contributed by atoms with Gasteiger partial charge >= 0.3 is 0 Å². The molecule has 2 atom stereocenters. The Hall–Kier alpha value is -1.96. The molecule has 2 heteroatoms. The fraction of sp³-hybridized carbons (Fsp3) is 0.478. The van der Waals surface area contributed by atoms with Crippen molar-refractivity contribution in [3.63, 3.8) is 0 Å². The Morgan fingerprint density at radius 2 is 1.96 bits per heavy atom. The molecular formula is C23H30O2. The summed E-state index contributed by atoms with van der Waals surface area (Å²) in [6.07, 6.45) is 6.30. The number of allylic oxidation sites excluding steroid dienone is 3. The normalized spacial score (nSPS) is 20.5. The van der Waals surface area contributed by atoms with E-state index in [1.54, 1.807) is 6.92 Å². The lowest BCUT2D eigenvalue weighted by molar-refractivity contribution is -0.131. The predicted octanol–water partition coefficient (Wildman–Crippen LogP) is 5.65. The molecule has 2 unspecified atom stereocenters. The molecule has 0 N–H and O–H groups in total. The smallest absolute Gasteiger partial charge is 0.168 e. The van der Waals surface area contributed by atoms with Crippen LogP contribution in [0.25, 0.3) is 0 Å². The second-order valence-electron chi connectivity index (χ2n) is 8.13. The zero-order valence-electron chi connectivity index (χ0n) is 16.0. The maximum absolute atomic E-state index is 12.6. The average Bonchev–Trinajstić information content (AvgIpc) is 2.60. The van der Waals surface area contributed by atoms with Crippen LogP contribution in [0, 0.1) is 10.8 Å². The zero-order chi connectivity index (χ0) is 18.7. The van der Waals surface area contributed by atoms with Crippen molar-refractivity contribution in [2.24, 2.45) is 10.8 Å². The minimum Gasteiger partial charge on any atom is -0.302 e. The molecule has 2 nitrogen and oxygen atoms in total. The van der Waals surface area contributed by atoms with Crippen LogP contribution in [0.15, 0.2) is 54.1 Å². The van der Waals surface area contributed by atoms with E-state index in [1.807, 2.05) is 30.3 Å². The van der Waals surface area contributed by atoms with Gasteiger partial charge in [-0.25, -0.2) is 0 Å². The van der Waals surface area contributed by atoms with Gasteiger partial charge in [0.25, 0.3) is 0 Å². The lowest BCUT2D eigenvalue weighted by Gasteiger charge is -2.39. The van der Waals surface area contributed by atoms with E-state index in [-0.39, 0.29) is 17.1 Å². The number of carbonyl (C=O) groups excluding carboxylic acids is 2. The Kier molecular flexibility index (Phi) is 5.82. The Morgan fingerprint density at radius 1 is 1.32 bits per heavy atom. The molecule has 0 fully saturated rings. The van der Waals surface area contributed by atoms with E-state index >= 15 is 0 Å². The molecule has 0 saturated heterocycles. The lowest BCUT2D eigenvalue weighted by atomic mass is 9.63. The first-order valence-electron chi connectivity index (χ1n) is 9.13. The Labute approximate surface area is 152 Å². The van der Waals surface area contributed by atoms with Gasteiger partial charge in [-0.3, -0.25) is 4.79 Å². The number of rotatable bonds is 7. The highest BCUT2D eigenvalue weighted by Crippen LogP contribution is 2.48. The highest BCUT2D eigenvalue weighted by molar-refractivity contribution is 6.05. The van der Waals surface area contributed by atoms with Crippen LogP contribution >= 0.6 is 0 Å². The number of benzene rings is 1. The van der Waals surface area contributed by atoms with Gasteiger partial charge in [-0.15, -0.1) is 0 Å². The molecule has 0 spiro atoms. The van der Waals surface area contributed by atoms with Crippen LogP contribution < -0.4 is 0 Å². The van der Waals surface area contributed by atoms with Crippen molar-refractivity contribution < 1.29 is 9.59 Å². The minimum atomic E-state index is -1.09. The first-order chi connectivity index (χ1) is 11.8. The Morgan fingerprint density at radius 3 is 2.48 bits per heavy atom. The SMILES string of the molecule is C=CC(=O)C(C)(C=O)C(CC1=C(C)CCCC1(C)C)c1ccccc1. The molecule has 25 heavy (non-hydrogen) atoms. The number of hydrogen-bond acceptors (Lipinski definition) is 2. The van der Waals surface area contributed by atoms with Crippen LogP contribution in [-0.2, 0) is 9.59 Å². The summed E-state index contributed by atoms with van der Waals surface area (Å²) in [6.45, 7) is 12.1. The van der Waals surface area contributed by atoms with Gasteiger partial charge in [-0.1, -0.05) is 61.9 Å². The molecule has 0 amide bonds. The molecule has 0 aliphatic heterocycles. The molecule has 1 aliphatic carbocycles. The van der Waals surface area contributed by atoms with Gasteiger partial charge < -0.3 is 4.79 Å². The maximum atomic E-state index is 12.6. The summed E-state index contributed by atoms with van der Waals surface area (Å²) in [6, 6.07) is 9.95. The monoisotopic (exact) mass is 338 g/mol. The van der Waals surface area contributed by atoms with Crippen LogP contribution in [-0.4, -0.2) is 12.1 Å². The molecule has 1 aliphatic rings. The van der Waals surface area contributed by atoms with Crippen molar-refractivity contribution in [3.8, 4) is 0 Å². The molecule has 134 valence electrons. The lowest BCUT2D eigenvalue weighted by Crippen LogP contribution is -2.37. The summed E-state index contributed by atoms with van der Waals surface area (Å²) >= 11 is 0. The largest absolute Gasteiger partial charge is 0.302 e. The first kappa shape index (κ1) is 19.4. The molecular weight excluding hydrogens is 308 g/mol. The molecule has 1 aromatic rings.